The van der Waals surface area contributed by atoms with Crippen LogP contribution in [-0.2, 0) is 19.3 Å². The lowest BCUT2D eigenvalue weighted by atomic mass is 9.97. The summed E-state index contributed by atoms with van der Waals surface area (Å²) in [6, 6.07) is 10.00. The molecule has 1 unspecified atom stereocenters. The number of aliphatic hydroxyl groups is 1. The molecule has 0 fully saturated rings. The molecule has 2 heteroatoms. The number of aliphatic hydroxyl groups excluding tert-OH is 1. The maximum absolute atomic E-state index is 10.4. The van der Waals surface area contributed by atoms with E-state index in [1.54, 1.807) is 0 Å². The Labute approximate surface area is 115 Å². The first-order valence-electron chi connectivity index (χ1n) is 7.07. The third-order valence-corrected chi connectivity index (χ3v) is 3.61. The van der Waals surface area contributed by atoms with Crippen LogP contribution in [0.5, 0.6) is 0 Å². The van der Waals surface area contributed by atoms with Gasteiger partial charge >= 0.3 is 0 Å². The number of benzene rings is 1. The van der Waals surface area contributed by atoms with Crippen LogP contribution in [-0.4, -0.2) is 5.11 Å². The standard InChI is InChI=1S/C17H22O2/c1-4-12-7-8-14(11-13(12)5-2)17(18)16-10-9-15(6-3)19-16/h7-11,17-18H,4-6H2,1-3H3. The van der Waals surface area contributed by atoms with Gasteiger partial charge in [-0.1, -0.05) is 39.0 Å². The van der Waals surface area contributed by atoms with Crippen LogP contribution in [0.3, 0.4) is 0 Å². The molecule has 0 aliphatic heterocycles. The molecular weight excluding hydrogens is 236 g/mol. The Balaban J connectivity index is 2.30. The van der Waals surface area contributed by atoms with Gasteiger partial charge in [0.2, 0.25) is 0 Å². The molecule has 1 atom stereocenters. The molecule has 1 N–H and O–H groups in total. The topological polar surface area (TPSA) is 33.4 Å². The van der Waals surface area contributed by atoms with Crippen LogP contribution in [0.25, 0.3) is 0 Å². The van der Waals surface area contributed by atoms with E-state index in [9.17, 15) is 5.11 Å². The third-order valence-electron chi connectivity index (χ3n) is 3.61. The van der Waals surface area contributed by atoms with Gasteiger partial charge in [0.05, 0.1) is 0 Å². The fourth-order valence-corrected chi connectivity index (χ4v) is 2.39. The summed E-state index contributed by atoms with van der Waals surface area (Å²) >= 11 is 0. The van der Waals surface area contributed by atoms with E-state index in [1.165, 1.54) is 11.1 Å². The molecule has 2 aromatic rings. The van der Waals surface area contributed by atoms with Crippen molar-refractivity contribution in [2.24, 2.45) is 0 Å². The Morgan fingerprint density at radius 3 is 2.26 bits per heavy atom. The quantitative estimate of drug-likeness (QED) is 0.877. The van der Waals surface area contributed by atoms with Crippen LogP contribution in [0, 0.1) is 0 Å². The van der Waals surface area contributed by atoms with Crippen molar-refractivity contribution in [1.82, 2.24) is 0 Å². The minimum atomic E-state index is -0.670. The molecule has 0 spiro atoms. The van der Waals surface area contributed by atoms with Crippen molar-refractivity contribution < 1.29 is 9.52 Å². The number of furan rings is 1. The molecule has 0 saturated heterocycles. The average molecular weight is 258 g/mol. The fraction of sp³-hybridized carbons (Fsp3) is 0.412. The Morgan fingerprint density at radius 1 is 0.947 bits per heavy atom. The van der Waals surface area contributed by atoms with Gasteiger partial charge in [-0.3, -0.25) is 0 Å². The van der Waals surface area contributed by atoms with Gasteiger partial charge < -0.3 is 9.52 Å². The van der Waals surface area contributed by atoms with Gasteiger partial charge in [-0.05, 0) is 41.7 Å². The molecule has 102 valence electrons. The number of aryl methyl sites for hydroxylation is 3. The Hall–Kier alpha value is -1.54. The summed E-state index contributed by atoms with van der Waals surface area (Å²) in [6.07, 6.45) is 2.20. The predicted octanol–water partition coefficient (Wildman–Crippen LogP) is 4.05. The SMILES string of the molecule is CCc1ccc(C(O)c2ccc(CC)c(CC)c2)o1. The van der Waals surface area contributed by atoms with Crippen molar-refractivity contribution in [1.29, 1.82) is 0 Å². The lowest BCUT2D eigenvalue weighted by Gasteiger charge is -2.12. The minimum Gasteiger partial charge on any atom is -0.463 e. The Bertz CT molecular complexity index is 540. The van der Waals surface area contributed by atoms with E-state index in [4.69, 9.17) is 4.42 Å². The molecule has 0 aliphatic rings. The van der Waals surface area contributed by atoms with Crippen molar-refractivity contribution in [3.8, 4) is 0 Å². The highest BCUT2D eigenvalue weighted by Crippen LogP contribution is 2.26. The highest BCUT2D eigenvalue weighted by molar-refractivity contribution is 5.35. The van der Waals surface area contributed by atoms with Crippen molar-refractivity contribution in [3.05, 3.63) is 58.5 Å². The zero-order chi connectivity index (χ0) is 13.8. The maximum atomic E-state index is 10.4. The first-order valence-corrected chi connectivity index (χ1v) is 7.07. The summed E-state index contributed by atoms with van der Waals surface area (Å²) in [4.78, 5) is 0. The van der Waals surface area contributed by atoms with Gasteiger partial charge in [-0.25, -0.2) is 0 Å². The molecule has 0 bridgehead atoms. The van der Waals surface area contributed by atoms with Gasteiger partial charge in [-0.2, -0.15) is 0 Å². The molecule has 0 aliphatic carbocycles. The van der Waals surface area contributed by atoms with E-state index in [-0.39, 0.29) is 0 Å². The lowest BCUT2D eigenvalue weighted by Crippen LogP contribution is -2.01. The highest BCUT2D eigenvalue weighted by atomic mass is 16.4. The third kappa shape index (κ3) is 2.90. The van der Waals surface area contributed by atoms with Gasteiger partial charge in [0.15, 0.2) is 0 Å². The van der Waals surface area contributed by atoms with Crippen LogP contribution in [0.4, 0.5) is 0 Å². The van der Waals surface area contributed by atoms with Gasteiger partial charge in [0, 0.05) is 6.42 Å². The zero-order valence-corrected chi connectivity index (χ0v) is 11.9. The second-order valence-corrected chi connectivity index (χ2v) is 4.80. The molecule has 2 rings (SSSR count). The van der Waals surface area contributed by atoms with Crippen LogP contribution in [0.15, 0.2) is 34.7 Å². The van der Waals surface area contributed by atoms with E-state index < -0.39 is 6.10 Å². The van der Waals surface area contributed by atoms with E-state index in [0.717, 1.165) is 30.6 Å². The van der Waals surface area contributed by atoms with Crippen molar-refractivity contribution >= 4 is 0 Å². The van der Waals surface area contributed by atoms with Gasteiger partial charge in [0.1, 0.15) is 17.6 Å². The Morgan fingerprint density at radius 2 is 1.68 bits per heavy atom. The molecule has 0 saturated carbocycles. The number of rotatable bonds is 5. The van der Waals surface area contributed by atoms with E-state index >= 15 is 0 Å². The van der Waals surface area contributed by atoms with Crippen molar-refractivity contribution in [3.63, 3.8) is 0 Å². The smallest absolute Gasteiger partial charge is 0.137 e. The van der Waals surface area contributed by atoms with Crippen LogP contribution in [0.1, 0.15) is 55.1 Å². The molecule has 0 amide bonds. The maximum Gasteiger partial charge on any atom is 0.137 e. The Kier molecular flexibility index (Phi) is 4.43. The van der Waals surface area contributed by atoms with Crippen LogP contribution >= 0.6 is 0 Å². The molecular formula is C17H22O2. The average Bonchev–Trinajstić information content (AvgIpc) is 2.94. The van der Waals surface area contributed by atoms with Crippen LogP contribution < -0.4 is 0 Å². The summed E-state index contributed by atoms with van der Waals surface area (Å²) in [5, 5.41) is 10.4. The fourth-order valence-electron chi connectivity index (χ4n) is 2.39. The molecule has 19 heavy (non-hydrogen) atoms. The summed E-state index contributed by atoms with van der Waals surface area (Å²) in [6.45, 7) is 6.34. The molecule has 1 aromatic heterocycles. The molecule has 0 radical (unpaired) electrons. The summed E-state index contributed by atoms with van der Waals surface area (Å²) in [5.41, 5.74) is 3.57. The first kappa shape index (κ1) is 13.9. The van der Waals surface area contributed by atoms with E-state index in [1.807, 2.05) is 25.1 Å². The summed E-state index contributed by atoms with van der Waals surface area (Å²) in [5.74, 6) is 1.54. The summed E-state index contributed by atoms with van der Waals surface area (Å²) in [7, 11) is 0. The number of hydrogen-bond donors (Lipinski definition) is 1. The van der Waals surface area contributed by atoms with Crippen molar-refractivity contribution in [2.75, 3.05) is 0 Å². The lowest BCUT2D eigenvalue weighted by molar-refractivity contribution is 0.187. The zero-order valence-electron chi connectivity index (χ0n) is 11.9. The van der Waals surface area contributed by atoms with Gasteiger partial charge in [0.25, 0.3) is 0 Å². The highest BCUT2D eigenvalue weighted by Gasteiger charge is 2.15. The first-order chi connectivity index (χ1) is 9.19. The normalized spacial score (nSPS) is 12.6. The van der Waals surface area contributed by atoms with Crippen LogP contribution in [0.2, 0.25) is 0 Å². The van der Waals surface area contributed by atoms with Crippen molar-refractivity contribution in [2.45, 2.75) is 46.1 Å². The molecule has 2 nitrogen and oxygen atoms in total. The number of hydrogen-bond acceptors (Lipinski definition) is 2. The van der Waals surface area contributed by atoms with E-state index in [2.05, 4.69) is 26.0 Å². The predicted molar refractivity (Wildman–Crippen MR) is 77.3 cm³/mol. The monoisotopic (exact) mass is 258 g/mol. The summed E-state index contributed by atoms with van der Waals surface area (Å²) < 4.78 is 5.63. The largest absolute Gasteiger partial charge is 0.463 e. The second kappa shape index (κ2) is 6.07. The molecule has 1 aromatic carbocycles. The minimum absolute atomic E-state index is 0.628. The second-order valence-electron chi connectivity index (χ2n) is 4.80. The van der Waals surface area contributed by atoms with E-state index in [0.29, 0.717) is 5.76 Å². The van der Waals surface area contributed by atoms with Gasteiger partial charge in [-0.15, -0.1) is 0 Å². The molecule has 1 heterocycles.